The molecule has 0 bridgehead atoms. The van der Waals surface area contributed by atoms with Gasteiger partial charge in [0.25, 0.3) is 0 Å². The van der Waals surface area contributed by atoms with Crippen molar-refractivity contribution in [3.05, 3.63) is 233 Å². The molecule has 15 rings (SSSR count). The van der Waals surface area contributed by atoms with Gasteiger partial charge in [0.2, 0.25) is 0 Å². The first kappa shape index (κ1) is 71.2. The number of hydrogen-bond acceptors (Lipinski definition) is 3. The van der Waals surface area contributed by atoms with Crippen molar-refractivity contribution < 1.29 is 8.83 Å². The molecular formula is C101H115NO2. The predicted octanol–water partition coefficient (Wildman–Crippen LogP) is 31.4. The fourth-order valence-electron chi connectivity index (χ4n) is 19.8. The molecular weight excluding hydrogens is 1260 g/mol. The van der Waals surface area contributed by atoms with Gasteiger partial charge in [-0.05, 0) is 181 Å². The van der Waals surface area contributed by atoms with Crippen LogP contribution in [-0.4, -0.2) is 0 Å². The molecule has 3 nitrogen and oxygen atoms in total. The van der Waals surface area contributed by atoms with Crippen LogP contribution < -0.4 is 4.90 Å². The Morgan fingerprint density at radius 1 is 0.317 bits per heavy atom. The van der Waals surface area contributed by atoms with Crippen molar-refractivity contribution in [1.82, 2.24) is 0 Å². The highest BCUT2D eigenvalue weighted by atomic mass is 16.3. The van der Waals surface area contributed by atoms with Crippen molar-refractivity contribution in [3.63, 3.8) is 0 Å². The molecule has 0 amide bonds. The van der Waals surface area contributed by atoms with E-state index in [-0.39, 0.29) is 21.7 Å². The average molecular weight is 1380 g/mol. The molecule has 3 aliphatic carbocycles. The number of benzene rings is 10. The van der Waals surface area contributed by atoms with Crippen molar-refractivity contribution in [2.24, 2.45) is 0 Å². The Morgan fingerprint density at radius 3 is 1.38 bits per heavy atom. The molecule has 3 aliphatic rings. The van der Waals surface area contributed by atoms with Crippen molar-refractivity contribution in [1.29, 1.82) is 0 Å². The van der Waals surface area contributed by atoms with E-state index in [0.717, 1.165) is 35.2 Å². The highest BCUT2D eigenvalue weighted by Gasteiger charge is 2.49. The molecule has 2 heterocycles. The average Bonchev–Trinajstić information content (AvgIpc) is 1.56. The molecule has 536 valence electrons. The number of furan rings is 2. The van der Waals surface area contributed by atoms with E-state index >= 15 is 0 Å². The third-order valence-electron chi connectivity index (χ3n) is 25.2. The van der Waals surface area contributed by atoms with Crippen LogP contribution in [0.2, 0.25) is 0 Å². The second kappa shape index (κ2) is 30.6. The molecule has 10 aromatic carbocycles. The fraction of sp³-hybridized carbons (Fsp3) is 0.406. The van der Waals surface area contributed by atoms with Gasteiger partial charge in [-0.2, -0.15) is 0 Å². The Kier molecular flexibility index (Phi) is 20.9. The van der Waals surface area contributed by atoms with Crippen molar-refractivity contribution in [3.8, 4) is 55.6 Å². The zero-order valence-corrected chi connectivity index (χ0v) is 64.5. The first-order valence-electron chi connectivity index (χ1n) is 41.3. The SMILES string of the molecule is CCCCCCCCC1(CCCCCCCC)c2cc(N(c3ccc4c(c3)C(C)(C)c3cc(-c5ccccc5C(C)(C)C)c5oc6ccccc6c5c3-4)c3ccccc3-c3ccccc3)ccc2-c2cc3c(cc21)-c1c(ccc2oc4ccccc4c12)C3(CCCCCCCC)CCCCCCCC. The first-order valence-corrected chi connectivity index (χ1v) is 41.3. The lowest BCUT2D eigenvalue weighted by atomic mass is 9.68. The molecule has 0 aliphatic heterocycles. The number of para-hydroxylation sites is 3. The number of rotatable bonds is 33. The summed E-state index contributed by atoms with van der Waals surface area (Å²) in [6, 6.07) is 75.8. The lowest BCUT2D eigenvalue weighted by molar-refractivity contribution is 0.394. The van der Waals surface area contributed by atoms with E-state index < -0.39 is 0 Å². The predicted molar refractivity (Wildman–Crippen MR) is 447 cm³/mol. The molecule has 0 N–H and O–H groups in total. The minimum absolute atomic E-state index is 0.0786. The second-order valence-corrected chi connectivity index (χ2v) is 33.4. The van der Waals surface area contributed by atoms with Crippen LogP contribution in [0.3, 0.4) is 0 Å². The van der Waals surface area contributed by atoms with Crippen LogP contribution in [-0.2, 0) is 21.7 Å². The molecule has 0 spiro atoms. The van der Waals surface area contributed by atoms with Gasteiger partial charge in [0.05, 0.1) is 5.69 Å². The Morgan fingerprint density at radius 2 is 0.769 bits per heavy atom. The normalized spacial score (nSPS) is 14.4. The van der Waals surface area contributed by atoms with E-state index in [1.54, 1.807) is 16.7 Å². The van der Waals surface area contributed by atoms with Crippen LogP contribution in [0.15, 0.2) is 203 Å². The maximum absolute atomic E-state index is 7.14. The molecule has 0 fully saturated rings. The molecule has 0 unspecified atom stereocenters. The summed E-state index contributed by atoms with van der Waals surface area (Å²) in [4.78, 5) is 2.67. The quantitative estimate of drug-likeness (QED) is 0.0384. The molecule has 104 heavy (non-hydrogen) atoms. The van der Waals surface area contributed by atoms with Crippen LogP contribution in [0.4, 0.5) is 17.1 Å². The molecule has 3 heteroatoms. The van der Waals surface area contributed by atoms with Crippen LogP contribution in [0.5, 0.6) is 0 Å². The fourth-order valence-corrected chi connectivity index (χ4v) is 19.8. The van der Waals surface area contributed by atoms with Gasteiger partial charge in [-0.25, -0.2) is 0 Å². The number of hydrogen-bond donors (Lipinski definition) is 0. The molecule has 12 aromatic rings. The van der Waals surface area contributed by atoms with Crippen LogP contribution >= 0.6 is 0 Å². The summed E-state index contributed by atoms with van der Waals surface area (Å²) in [6.45, 7) is 21.4. The van der Waals surface area contributed by atoms with Crippen molar-refractivity contribution in [2.45, 2.75) is 264 Å². The standard InChI is InChI=1S/C101H115NO2/c1-10-14-18-22-26-41-61-100(62-42-27-23-19-15-11-2)83-59-60-92-95(77-49-35-39-53-90(77)103-92)94(83)81-69-86-79(67-87(81)100)75-57-55-72(66-85(75)101(86,63-43-28-24-20-16-12-3)64-44-29-25-21-17-13-4)102(89-52-38-34-47-73(89)70-45-31-30-32-46-70)71-56-58-76-84(65-71)99(8,9)88-68-80(74-48-33-37-51-82(74)98(5,6)7)97-96(93(76)88)78-50-36-40-54-91(78)104-97/h30-40,45-60,65-69H,10-29,41-44,61-64H2,1-9H3. The lowest BCUT2D eigenvalue weighted by Crippen LogP contribution is -2.27. The van der Waals surface area contributed by atoms with Gasteiger partial charge in [0, 0.05) is 60.3 Å². The van der Waals surface area contributed by atoms with E-state index in [4.69, 9.17) is 8.83 Å². The molecule has 0 radical (unpaired) electrons. The minimum Gasteiger partial charge on any atom is -0.456 e. The van der Waals surface area contributed by atoms with E-state index in [1.807, 2.05) is 0 Å². The van der Waals surface area contributed by atoms with E-state index in [9.17, 15) is 0 Å². The van der Waals surface area contributed by atoms with Crippen LogP contribution in [0.1, 0.15) is 281 Å². The molecule has 2 aromatic heterocycles. The van der Waals surface area contributed by atoms with Gasteiger partial charge in [-0.3, -0.25) is 0 Å². The third-order valence-corrected chi connectivity index (χ3v) is 25.2. The zero-order valence-electron chi connectivity index (χ0n) is 64.5. The Labute approximate surface area is 623 Å². The minimum atomic E-state index is -0.362. The van der Waals surface area contributed by atoms with E-state index in [0.29, 0.717) is 0 Å². The Hall–Kier alpha value is -8.40. The number of fused-ring (bicyclic) bond motifs is 17. The van der Waals surface area contributed by atoms with Crippen LogP contribution in [0.25, 0.3) is 99.5 Å². The number of nitrogens with zero attached hydrogens (tertiary/aromatic N) is 1. The van der Waals surface area contributed by atoms with Crippen molar-refractivity contribution in [2.75, 3.05) is 4.90 Å². The zero-order chi connectivity index (χ0) is 71.6. The van der Waals surface area contributed by atoms with E-state index in [2.05, 4.69) is 261 Å². The summed E-state index contributed by atoms with van der Waals surface area (Å²) in [5.74, 6) is 0. The highest BCUT2D eigenvalue weighted by Crippen LogP contribution is 2.64. The van der Waals surface area contributed by atoms with Crippen LogP contribution in [0, 0.1) is 0 Å². The molecule has 0 atom stereocenters. The topological polar surface area (TPSA) is 29.5 Å². The maximum Gasteiger partial charge on any atom is 0.143 e. The Balaban J connectivity index is 0.954. The van der Waals surface area contributed by atoms with Gasteiger partial charge in [-0.1, -0.05) is 344 Å². The first-order chi connectivity index (χ1) is 50.8. The van der Waals surface area contributed by atoms with Gasteiger partial charge in [0.15, 0.2) is 0 Å². The monoisotopic (exact) mass is 1370 g/mol. The molecule has 0 saturated carbocycles. The summed E-state index contributed by atoms with van der Waals surface area (Å²) in [5.41, 5.74) is 30.3. The van der Waals surface area contributed by atoms with Gasteiger partial charge < -0.3 is 13.7 Å². The highest BCUT2D eigenvalue weighted by molar-refractivity contribution is 6.19. The molecule has 0 saturated heterocycles. The van der Waals surface area contributed by atoms with E-state index in [1.165, 1.54) is 283 Å². The summed E-state index contributed by atoms with van der Waals surface area (Å²) < 4.78 is 14.1. The van der Waals surface area contributed by atoms with Gasteiger partial charge >= 0.3 is 0 Å². The number of unbranched alkanes of at least 4 members (excludes halogenated alkanes) is 20. The summed E-state index contributed by atoms with van der Waals surface area (Å²) in [7, 11) is 0. The summed E-state index contributed by atoms with van der Waals surface area (Å²) in [6.07, 6.45) is 35.4. The summed E-state index contributed by atoms with van der Waals surface area (Å²) in [5, 5.41) is 4.96. The third kappa shape index (κ3) is 13.0. The number of anilines is 3. The van der Waals surface area contributed by atoms with Gasteiger partial charge in [-0.15, -0.1) is 0 Å². The second-order valence-electron chi connectivity index (χ2n) is 33.4. The Bertz CT molecular complexity index is 4990. The maximum atomic E-state index is 7.14. The van der Waals surface area contributed by atoms with Crippen molar-refractivity contribution >= 4 is 60.9 Å². The largest absolute Gasteiger partial charge is 0.456 e. The lowest BCUT2D eigenvalue weighted by Gasteiger charge is -2.35. The van der Waals surface area contributed by atoms with Gasteiger partial charge in [0.1, 0.15) is 22.3 Å². The summed E-state index contributed by atoms with van der Waals surface area (Å²) >= 11 is 0. The smallest absolute Gasteiger partial charge is 0.143 e.